The maximum Gasteiger partial charge on any atom is 0.274 e. The van der Waals surface area contributed by atoms with E-state index < -0.39 is 11.7 Å². The summed E-state index contributed by atoms with van der Waals surface area (Å²) < 4.78 is 18.6. The molecule has 1 N–H and O–H groups in total. The summed E-state index contributed by atoms with van der Waals surface area (Å²) in [6.45, 7) is 1.80. The van der Waals surface area contributed by atoms with Crippen LogP contribution in [0.25, 0.3) is 0 Å². The van der Waals surface area contributed by atoms with Crippen molar-refractivity contribution in [3.63, 3.8) is 0 Å². The first kappa shape index (κ1) is 15.7. The van der Waals surface area contributed by atoms with E-state index in [2.05, 4.69) is 10.5 Å². The number of nitrogens with one attached hydrogen (secondary N) is 1. The molecular formula is C17H17FN2O2. The van der Waals surface area contributed by atoms with E-state index in [1.54, 1.807) is 20.1 Å². The van der Waals surface area contributed by atoms with Crippen molar-refractivity contribution < 1.29 is 13.9 Å². The van der Waals surface area contributed by atoms with E-state index in [4.69, 9.17) is 4.74 Å². The zero-order valence-corrected chi connectivity index (χ0v) is 12.5. The minimum Gasteiger partial charge on any atom is -0.497 e. The molecule has 0 atom stereocenters. The number of methoxy groups -OCH3 is 1. The lowest BCUT2D eigenvalue weighted by atomic mass is 10.1. The van der Waals surface area contributed by atoms with E-state index in [1.165, 1.54) is 18.2 Å². The molecule has 0 heterocycles. The van der Waals surface area contributed by atoms with Crippen molar-refractivity contribution in [2.75, 3.05) is 7.11 Å². The fourth-order valence-corrected chi connectivity index (χ4v) is 1.93. The van der Waals surface area contributed by atoms with Crippen LogP contribution in [0.15, 0.2) is 53.6 Å². The van der Waals surface area contributed by atoms with Crippen LogP contribution in [-0.2, 0) is 6.42 Å². The van der Waals surface area contributed by atoms with Crippen molar-refractivity contribution in [2.24, 2.45) is 5.10 Å². The number of carbonyl (C=O) groups is 1. The summed E-state index contributed by atoms with van der Waals surface area (Å²) in [5.74, 6) is -0.346. The molecule has 4 nitrogen and oxygen atoms in total. The molecule has 0 saturated carbocycles. The summed E-state index contributed by atoms with van der Waals surface area (Å²) in [4.78, 5) is 11.8. The summed E-state index contributed by atoms with van der Waals surface area (Å²) >= 11 is 0. The highest BCUT2D eigenvalue weighted by atomic mass is 19.1. The summed E-state index contributed by atoms with van der Waals surface area (Å²) in [5.41, 5.74) is 4.10. The Morgan fingerprint density at radius 2 is 1.86 bits per heavy atom. The van der Waals surface area contributed by atoms with Gasteiger partial charge in [0.05, 0.1) is 12.7 Å². The number of halogens is 1. The maximum atomic E-state index is 13.5. The van der Waals surface area contributed by atoms with Crippen LogP contribution < -0.4 is 10.2 Å². The Balaban J connectivity index is 1.97. The van der Waals surface area contributed by atoms with Gasteiger partial charge in [0.1, 0.15) is 11.6 Å². The van der Waals surface area contributed by atoms with E-state index in [1.807, 2.05) is 24.3 Å². The first-order valence-corrected chi connectivity index (χ1v) is 6.81. The van der Waals surface area contributed by atoms with Gasteiger partial charge in [-0.2, -0.15) is 5.10 Å². The zero-order chi connectivity index (χ0) is 15.9. The molecule has 2 rings (SSSR count). The van der Waals surface area contributed by atoms with Crippen LogP contribution >= 0.6 is 0 Å². The number of rotatable bonds is 5. The highest BCUT2D eigenvalue weighted by molar-refractivity contribution is 5.95. The summed E-state index contributed by atoms with van der Waals surface area (Å²) in [7, 11) is 1.61. The number of ether oxygens (including phenoxy) is 1. The molecule has 5 heteroatoms. The molecule has 0 saturated heterocycles. The van der Waals surface area contributed by atoms with Gasteiger partial charge >= 0.3 is 0 Å². The number of nitrogens with zero attached hydrogens (tertiary/aromatic N) is 1. The number of carbonyl (C=O) groups excluding carboxylic acids is 1. The molecule has 0 aliphatic rings. The molecule has 0 radical (unpaired) electrons. The second-order valence-electron chi connectivity index (χ2n) is 4.79. The van der Waals surface area contributed by atoms with Gasteiger partial charge in [0, 0.05) is 12.1 Å². The van der Waals surface area contributed by atoms with Crippen LogP contribution in [0.4, 0.5) is 4.39 Å². The molecule has 114 valence electrons. The van der Waals surface area contributed by atoms with Crippen molar-refractivity contribution in [3.05, 3.63) is 65.5 Å². The molecular weight excluding hydrogens is 283 g/mol. The molecule has 2 aromatic carbocycles. The third-order valence-electron chi connectivity index (χ3n) is 3.09. The Hall–Kier alpha value is -2.69. The van der Waals surface area contributed by atoms with Gasteiger partial charge < -0.3 is 4.74 Å². The standard InChI is InChI=1S/C17H17FN2O2/c1-12(11-13-7-9-14(22-2)10-8-13)19-20-17(21)15-5-3-4-6-16(15)18/h3-10H,11H2,1-2H3,(H,20,21)/b19-12-. The lowest BCUT2D eigenvalue weighted by Gasteiger charge is -2.05. The second kappa shape index (κ2) is 7.36. The average Bonchev–Trinajstić information content (AvgIpc) is 2.54. The Morgan fingerprint density at radius 1 is 1.18 bits per heavy atom. The van der Waals surface area contributed by atoms with Crippen LogP contribution in [0, 0.1) is 5.82 Å². The molecule has 0 unspecified atom stereocenters. The second-order valence-corrected chi connectivity index (χ2v) is 4.79. The van der Waals surface area contributed by atoms with Crippen molar-refractivity contribution in [2.45, 2.75) is 13.3 Å². The van der Waals surface area contributed by atoms with Crippen LogP contribution in [-0.4, -0.2) is 18.7 Å². The number of hydrogen-bond donors (Lipinski definition) is 1. The lowest BCUT2D eigenvalue weighted by molar-refractivity contribution is 0.0950. The maximum absolute atomic E-state index is 13.5. The number of hydrogen-bond acceptors (Lipinski definition) is 3. The SMILES string of the molecule is COc1ccc(C/C(C)=N\NC(=O)c2ccccc2F)cc1. The van der Waals surface area contributed by atoms with Gasteiger partial charge in [0.15, 0.2) is 0 Å². The van der Waals surface area contributed by atoms with Crippen molar-refractivity contribution in [1.29, 1.82) is 0 Å². The van der Waals surface area contributed by atoms with E-state index in [0.717, 1.165) is 17.0 Å². The Labute approximate surface area is 128 Å². The highest BCUT2D eigenvalue weighted by Crippen LogP contribution is 2.12. The normalized spacial score (nSPS) is 11.1. The van der Waals surface area contributed by atoms with Crippen LogP contribution in [0.1, 0.15) is 22.8 Å². The molecule has 0 bridgehead atoms. The fraction of sp³-hybridized carbons (Fsp3) is 0.176. The first-order valence-electron chi connectivity index (χ1n) is 6.81. The number of amides is 1. The van der Waals surface area contributed by atoms with Crippen molar-refractivity contribution in [1.82, 2.24) is 5.43 Å². The van der Waals surface area contributed by atoms with Gasteiger partial charge in [-0.05, 0) is 36.8 Å². The van der Waals surface area contributed by atoms with Gasteiger partial charge in [-0.1, -0.05) is 24.3 Å². The van der Waals surface area contributed by atoms with Crippen LogP contribution in [0.2, 0.25) is 0 Å². The quantitative estimate of drug-likeness (QED) is 0.681. The first-order chi connectivity index (χ1) is 10.6. The van der Waals surface area contributed by atoms with E-state index in [0.29, 0.717) is 6.42 Å². The molecule has 0 fully saturated rings. The predicted octanol–water partition coefficient (Wildman–Crippen LogP) is 3.18. The average molecular weight is 300 g/mol. The Morgan fingerprint density at radius 3 is 2.50 bits per heavy atom. The highest BCUT2D eigenvalue weighted by Gasteiger charge is 2.09. The van der Waals surface area contributed by atoms with E-state index in [9.17, 15) is 9.18 Å². The largest absolute Gasteiger partial charge is 0.497 e. The Kier molecular flexibility index (Phi) is 5.25. The summed E-state index contributed by atoms with van der Waals surface area (Å²) in [5, 5.41) is 4.00. The van der Waals surface area contributed by atoms with Crippen molar-refractivity contribution in [3.8, 4) is 5.75 Å². The molecule has 2 aromatic rings. The van der Waals surface area contributed by atoms with Gasteiger partial charge in [-0.25, -0.2) is 9.82 Å². The minimum atomic E-state index is -0.567. The molecule has 0 aliphatic carbocycles. The number of benzene rings is 2. The van der Waals surface area contributed by atoms with Crippen LogP contribution in [0.5, 0.6) is 5.75 Å². The van der Waals surface area contributed by atoms with E-state index in [-0.39, 0.29) is 5.56 Å². The fourth-order valence-electron chi connectivity index (χ4n) is 1.93. The third kappa shape index (κ3) is 4.15. The summed E-state index contributed by atoms with van der Waals surface area (Å²) in [6, 6.07) is 13.4. The Bertz CT molecular complexity index is 681. The predicted molar refractivity (Wildman–Crippen MR) is 83.7 cm³/mol. The molecule has 0 spiro atoms. The lowest BCUT2D eigenvalue weighted by Crippen LogP contribution is -2.20. The monoisotopic (exact) mass is 300 g/mol. The van der Waals surface area contributed by atoms with Gasteiger partial charge in [-0.3, -0.25) is 4.79 Å². The zero-order valence-electron chi connectivity index (χ0n) is 12.5. The minimum absolute atomic E-state index is 0.0245. The topological polar surface area (TPSA) is 50.7 Å². The molecule has 0 aliphatic heterocycles. The van der Waals surface area contributed by atoms with Gasteiger partial charge in [0.25, 0.3) is 5.91 Å². The third-order valence-corrected chi connectivity index (χ3v) is 3.09. The molecule has 0 aromatic heterocycles. The smallest absolute Gasteiger partial charge is 0.274 e. The molecule has 1 amide bonds. The van der Waals surface area contributed by atoms with Crippen LogP contribution in [0.3, 0.4) is 0 Å². The van der Waals surface area contributed by atoms with Crippen molar-refractivity contribution >= 4 is 11.6 Å². The van der Waals surface area contributed by atoms with E-state index >= 15 is 0 Å². The summed E-state index contributed by atoms with van der Waals surface area (Å²) in [6.07, 6.45) is 0.585. The number of hydrazone groups is 1. The molecule has 22 heavy (non-hydrogen) atoms. The van der Waals surface area contributed by atoms with Gasteiger partial charge in [-0.15, -0.1) is 0 Å². The van der Waals surface area contributed by atoms with Gasteiger partial charge in [0.2, 0.25) is 0 Å².